The number of aryl methyl sites for hydroxylation is 1. The fraction of sp³-hybridized carbons (Fsp3) is 0.833. The first-order valence-corrected chi connectivity index (χ1v) is 9.36. The molecule has 1 heterocycles. The van der Waals surface area contributed by atoms with Gasteiger partial charge < -0.3 is 19.9 Å². The summed E-state index contributed by atoms with van der Waals surface area (Å²) >= 11 is 0. The van der Waals surface area contributed by atoms with Gasteiger partial charge in [-0.1, -0.05) is 32.9 Å². The van der Waals surface area contributed by atoms with Gasteiger partial charge in [-0.15, -0.1) is 0 Å². The standard InChI is InChI=1S/C18H35N5O2/c1-7-24-15(13(2)3)10-12-21-18(19-6)20-11-8-9-16-22-17(14(4)5)23-25-16/h13-15H,7-12H2,1-6H3,(H2,19,20,21). The zero-order valence-electron chi connectivity index (χ0n) is 16.6. The molecule has 1 rings (SSSR count). The lowest BCUT2D eigenvalue weighted by atomic mass is 10.0. The second kappa shape index (κ2) is 11.8. The number of rotatable bonds is 11. The van der Waals surface area contributed by atoms with E-state index in [-0.39, 0.29) is 6.10 Å². The molecule has 0 bridgehead atoms. The third-order valence-electron chi connectivity index (χ3n) is 3.93. The summed E-state index contributed by atoms with van der Waals surface area (Å²) in [6.07, 6.45) is 2.92. The molecule has 1 unspecified atom stereocenters. The zero-order valence-corrected chi connectivity index (χ0v) is 16.6. The first-order chi connectivity index (χ1) is 12.0. The van der Waals surface area contributed by atoms with Gasteiger partial charge in [0.15, 0.2) is 11.8 Å². The van der Waals surface area contributed by atoms with E-state index in [0.29, 0.717) is 17.7 Å². The van der Waals surface area contributed by atoms with E-state index in [1.165, 1.54) is 0 Å². The molecule has 0 aliphatic heterocycles. The summed E-state index contributed by atoms with van der Waals surface area (Å²) in [6, 6.07) is 0. The lowest BCUT2D eigenvalue weighted by molar-refractivity contribution is 0.0258. The highest BCUT2D eigenvalue weighted by atomic mass is 16.5. The third kappa shape index (κ3) is 8.34. The van der Waals surface area contributed by atoms with Crippen LogP contribution in [0.2, 0.25) is 0 Å². The van der Waals surface area contributed by atoms with Crippen molar-refractivity contribution in [1.29, 1.82) is 0 Å². The minimum atomic E-state index is 0.281. The number of hydrogen-bond acceptors (Lipinski definition) is 5. The van der Waals surface area contributed by atoms with Crippen molar-refractivity contribution in [2.45, 2.75) is 65.9 Å². The fourth-order valence-corrected chi connectivity index (χ4v) is 2.43. The van der Waals surface area contributed by atoms with Gasteiger partial charge in [-0.2, -0.15) is 4.98 Å². The Bertz CT molecular complexity index is 499. The van der Waals surface area contributed by atoms with Crippen LogP contribution in [0.1, 0.15) is 65.1 Å². The number of guanidine groups is 1. The summed E-state index contributed by atoms with van der Waals surface area (Å²) in [4.78, 5) is 8.63. The van der Waals surface area contributed by atoms with Crippen molar-refractivity contribution in [3.05, 3.63) is 11.7 Å². The van der Waals surface area contributed by atoms with Crippen molar-refractivity contribution in [3.63, 3.8) is 0 Å². The molecule has 7 nitrogen and oxygen atoms in total. The Morgan fingerprint density at radius 3 is 2.48 bits per heavy atom. The van der Waals surface area contributed by atoms with Crippen LogP contribution < -0.4 is 10.6 Å². The summed E-state index contributed by atoms with van der Waals surface area (Å²) in [5.41, 5.74) is 0. The monoisotopic (exact) mass is 353 g/mol. The largest absolute Gasteiger partial charge is 0.378 e. The summed E-state index contributed by atoms with van der Waals surface area (Å²) in [7, 11) is 1.78. The summed E-state index contributed by atoms with van der Waals surface area (Å²) in [5.74, 6) is 3.10. The van der Waals surface area contributed by atoms with E-state index >= 15 is 0 Å². The van der Waals surface area contributed by atoms with Crippen LogP contribution in [0, 0.1) is 5.92 Å². The average molecular weight is 354 g/mol. The minimum absolute atomic E-state index is 0.281. The molecule has 144 valence electrons. The first kappa shape index (κ1) is 21.4. The molecule has 0 radical (unpaired) electrons. The van der Waals surface area contributed by atoms with Crippen molar-refractivity contribution in [2.24, 2.45) is 10.9 Å². The lowest BCUT2D eigenvalue weighted by Crippen LogP contribution is -2.39. The summed E-state index contributed by atoms with van der Waals surface area (Å²) in [5, 5.41) is 10.6. The van der Waals surface area contributed by atoms with E-state index in [1.807, 2.05) is 6.92 Å². The number of nitrogens with one attached hydrogen (secondary N) is 2. The molecule has 2 N–H and O–H groups in total. The second-order valence-corrected chi connectivity index (χ2v) is 6.76. The SMILES string of the molecule is CCOC(CCNC(=NC)NCCCc1nc(C(C)C)no1)C(C)C. The number of ether oxygens (including phenoxy) is 1. The van der Waals surface area contributed by atoms with E-state index in [1.54, 1.807) is 7.05 Å². The molecule has 7 heteroatoms. The molecule has 1 atom stereocenters. The van der Waals surface area contributed by atoms with Crippen molar-refractivity contribution in [1.82, 2.24) is 20.8 Å². The van der Waals surface area contributed by atoms with Gasteiger partial charge >= 0.3 is 0 Å². The van der Waals surface area contributed by atoms with E-state index in [4.69, 9.17) is 9.26 Å². The van der Waals surface area contributed by atoms with Gasteiger partial charge in [0.25, 0.3) is 0 Å². The van der Waals surface area contributed by atoms with Crippen LogP contribution in [-0.2, 0) is 11.2 Å². The molecule has 1 aromatic rings. The molecule has 0 amide bonds. The molecule has 0 aromatic carbocycles. The smallest absolute Gasteiger partial charge is 0.226 e. The van der Waals surface area contributed by atoms with E-state index in [0.717, 1.165) is 50.7 Å². The quantitative estimate of drug-likeness (QED) is 0.361. The maximum atomic E-state index is 5.76. The van der Waals surface area contributed by atoms with Crippen molar-refractivity contribution in [2.75, 3.05) is 26.7 Å². The van der Waals surface area contributed by atoms with E-state index in [2.05, 4.69) is 53.5 Å². The maximum absolute atomic E-state index is 5.76. The molecular weight excluding hydrogens is 318 g/mol. The minimum Gasteiger partial charge on any atom is -0.378 e. The predicted molar refractivity (Wildman–Crippen MR) is 101 cm³/mol. The van der Waals surface area contributed by atoms with Crippen LogP contribution in [0.3, 0.4) is 0 Å². The Hall–Kier alpha value is -1.63. The molecule has 0 spiro atoms. The fourth-order valence-electron chi connectivity index (χ4n) is 2.43. The van der Waals surface area contributed by atoms with Crippen molar-refractivity contribution in [3.8, 4) is 0 Å². The van der Waals surface area contributed by atoms with Gasteiger partial charge in [0.2, 0.25) is 5.89 Å². The number of nitrogens with zero attached hydrogens (tertiary/aromatic N) is 3. The Kier molecular flexibility index (Phi) is 10.1. The molecular formula is C18H35N5O2. The van der Waals surface area contributed by atoms with Gasteiger partial charge in [-0.05, 0) is 25.7 Å². The molecule has 1 aromatic heterocycles. The maximum Gasteiger partial charge on any atom is 0.226 e. The number of aliphatic imine (C=N–C) groups is 1. The van der Waals surface area contributed by atoms with Crippen LogP contribution >= 0.6 is 0 Å². The second-order valence-electron chi connectivity index (χ2n) is 6.76. The van der Waals surface area contributed by atoms with Gasteiger partial charge in [-0.25, -0.2) is 0 Å². The molecule has 0 aliphatic rings. The lowest BCUT2D eigenvalue weighted by Gasteiger charge is -2.21. The van der Waals surface area contributed by atoms with Crippen molar-refractivity contribution < 1.29 is 9.26 Å². The number of hydrogen-bond donors (Lipinski definition) is 2. The van der Waals surface area contributed by atoms with Crippen LogP contribution in [0.25, 0.3) is 0 Å². The third-order valence-corrected chi connectivity index (χ3v) is 3.93. The average Bonchev–Trinajstić information content (AvgIpc) is 3.05. The topological polar surface area (TPSA) is 84.6 Å². The Morgan fingerprint density at radius 1 is 1.20 bits per heavy atom. The number of aromatic nitrogens is 2. The Balaban J connectivity index is 2.23. The zero-order chi connectivity index (χ0) is 18.7. The van der Waals surface area contributed by atoms with Gasteiger partial charge in [0, 0.05) is 39.1 Å². The van der Waals surface area contributed by atoms with Crippen LogP contribution in [-0.4, -0.2) is 48.9 Å². The van der Waals surface area contributed by atoms with Gasteiger partial charge in [-0.3, -0.25) is 4.99 Å². The van der Waals surface area contributed by atoms with Gasteiger partial charge in [0.1, 0.15) is 0 Å². The molecule has 0 aliphatic carbocycles. The van der Waals surface area contributed by atoms with Crippen LogP contribution in [0.5, 0.6) is 0 Å². The summed E-state index contributed by atoms with van der Waals surface area (Å²) in [6.45, 7) is 12.9. The van der Waals surface area contributed by atoms with Gasteiger partial charge in [0.05, 0.1) is 6.10 Å². The van der Waals surface area contributed by atoms with Crippen LogP contribution in [0.15, 0.2) is 9.52 Å². The predicted octanol–water partition coefficient (Wildman–Crippen LogP) is 2.74. The Morgan fingerprint density at radius 2 is 1.92 bits per heavy atom. The van der Waals surface area contributed by atoms with E-state index in [9.17, 15) is 0 Å². The Labute approximate surface area is 152 Å². The first-order valence-electron chi connectivity index (χ1n) is 9.36. The highest BCUT2D eigenvalue weighted by Gasteiger charge is 2.13. The summed E-state index contributed by atoms with van der Waals surface area (Å²) < 4.78 is 11.0. The van der Waals surface area contributed by atoms with E-state index < -0.39 is 0 Å². The highest BCUT2D eigenvalue weighted by Crippen LogP contribution is 2.11. The molecule has 25 heavy (non-hydrogen) atoms. The normalized spacial score (nSPS) is 13.5. The highest BCUT2D eigenvalue weighted by molar-refractivity contribution is 5.79. The molecule has 0 saturated carbocycles. The molecule has 0 fully saturated rings. The molecule has 0 saturated heterocycles. The van der Waals surface area contributed by atoms with Crippen molar-refractivity contribution >= 4 is 5.96 Å². The van der Waals surface area contributed by atoms with Crippen LogP contribution in [0.4, 0.5) is 0 Å².